The van der Waals surface area contributed by atoms with E-state index in [9.17, 15) is 0 Å². The largest absolute Gasteiger partial charge is 0.396 e. The summed E-state index contributed by atoms with van der Waals surface area (Å²) in [5.74, 6) is 0. The van der Waals surface area contributed by atoms with Gasteiger partial charge in [-0.1, -0.05) is 0 Å². The number of aliphatic hydroxyl groups excluding tert-OH is 1. The SMILES string of the molecule is N=CCNCCCCO. The summed E-state index contributed by atoms with van der Waals surface area (Å²) in [5.41, 5.74) is 0. The third-order valence-electron chi connectivity index (χ3n) is 1.01. The molecule has 0 spiro atoms. The van der Waals surface area contributed by atoms with E-state index in [4.69, 9.17) is 10.5 Å². The van der Waals surface area contributed by atoms with Crippen molar-refractivity contribution in [2.75, 3.05) is 19.7 Å². The molecule has 0 rings (SSSR count). The monoisotopic (exact) mass is 130 g/mol. The summed E-state index contributed by atoms with van der Waals surface area (Å²) in [6.07, 6.45) is 3.17. The second kappa shape index (κ2) is 7.59. The maximum Gasteiger partial charge on any atom is 0.0431 e. The van der Waals surface area contributed by atoms with Crippen LogP contribution in [0.1, 0.15) is 12.8 Å². The van der Waals surface area contributed by atoms with Gasteiger partial charge in [0.1, 0.15) is 0 Å². The number of hydrogen-bond acceptors (Lipinski definition) is 3. The van der Waals surface area contributed by atoms with E-state index in [1.807, 2.05) is 0 Å². The Morgan fingerprint density at radius 3 is 2.78 bits per heavy atom. The topological polar surface area (TPSA) is 56.1 Å². The maximum absolute atomic E-state index is 8.35. The number of aliphatic hydroxyl groups is 1. The molecule has 3 heteroatoms. The highest BCUT2D eigenvalue weighted by Crippen LogP contribution is 1.81. The van der Waals surface area contributed by atoms with Crippen LogP contribution in [0.5, 0.6) is 0 Å². The van der Waals surface area contributed by atoms with Crippen LogP contribution >= 0.6 is 0 Å². The van der Waals surface area contributed by atoms with E-state index in [1.165, 1.54) is 6.21 Å². The fraction of sp³-hybridized carbons (Fsp3) is 0.833. The van der Waals surface area contributed by atoms with Gasteiger partial charge < -0.3 is 15.8 Å². The van der Waals surface area contributed by atoms with Gasteiger partial charge in [-0.15, -0.1) is 0 Å². The Morgan fingerprint density at radius 1 is 1.44 bits per heavy atom. The lowest BCUT2D eigenvalue weighted by molar-refractivity contribution is 0.284. The van der Waals surface area contributed by atoms with Crippen molar-refractivity contribution in [1.82, 2.24) is 5.32 Å². The molecule has 0 aromatic rings. The molecule has 0 bridgehead atoms. The number of hydrogen-bond donors (Lipinski definition) is 3. The van der Waals surface area contributed by atoms with Crippen LogP contribution in [0.25, 0.3) is 0 Å². The van der Waals surface area contributed by atoms with Gasteiger partial charge in [0.2, 0.25) is 0 Å². The molecule has 54 valence electrons. The summed E-state index contributed by atoms with van der Waals surface area (Å²) in [7, 11) is 0. The summed E-state index contributed by atoms with van der Waals surface area (Å²) >= 11 is 0. The Bertz CT molecular complexity index is 66.1. The van der Waals surface area contributed by atoms with Crippen molar-refractivity contribution in [1.29, 1.82) is 5.41 Å². The summed E-state index contributed by atoms with van der Waals surface area (Å²) in [4.78, 5) is 0. The predicted octanol–water partition coefficient (Wildman–Crippen LogP) is -0.00193. The first-order valence-corrected chi connectivity index (χ1v) is 3.22. The van der Waals surface area contributed by atoms with Crippen LogP contribution in [-0.4, -0.2) is 31.0 Å². The molecule has 0 aromatic carbocycles. The highest BCUT2D eigenvalue weighted by atomic mass is 16.2. The molecular weight excluding hydrogens is 116 g/mol. The Hall–Kier alpha value is -0.410. The van der Waals surface area contributed by atoms with E-state index in [0.29, 0.717) is 6.54 Å². The van der Waals surface area contributed by atoms with Gasteiger partial charge in [-0.3, -0.25) is 0 Å². The van der Waals surface area contributed by atoms with E-state index >= 15 is 0 Å². The Morgan fingerprint density at radius 2 is 2.22 bits per heavy atom. The molecule has 0 unspecified atom stereocenters. The van der Waals surface area contributed by atoms with Crippen molar-refractivity contribution in [3.05, 3.63) is 0 Å². The van der Waals surface area contributed by atoms with Crippen LogP contribution in [0.2, 0.25) is 0 Å². The standard InChI is InChI=1S/C6H14N2O/c7-3-5-8-4-1-2-6-9/h3,7-9H,1-2,4-6H2. The van der Waals surface area contributed by atoms with Crippen LogP contribution < -0.4 is 5.32 Å². The van der Waals surface area contributed by atoms with E-state index in [0.717, 1.165) is 19.4 Å². The van der Waals surface area contributed by atoms with E-state index < -0.39 is 0 Å². The molecule has 0 aliphatic carbocycles. The van der Waals surface area contributed by atoms with Crippen LogP contribution in [0.4, 0.5) is 0 Å². The number of nitrogens with one attached hydrogen (secondary N) is 2. The summed E-state index contributed by atoms with van der Waals surface area (Å²) in [6, 6.07) is 0. The molecular formula is C6H14N2O. The molecule has 0 heterocycles. The molecule has 0 radical (unpaired) electrons. The van der Waals surface area contributed by atoms with Crippen LogP contribution in [-0.2, 0) is 0 Å². The van der Waals surface area contributed by atoms with Gasteiger partial charge >= 0.3 is 0 Å². The smallest absolute Gasteiger partial charge is 0.0431 e. The molecule has 9 heavy (non-hydrogen) atoms. The van der Waals surface area contributed by atoms with Gasteiger partial charge in [0.15, 0.2) is 0 Å². The molecule has 0 saturated carbocycles. The van der Waals surface area contributed by atoms with Crippen LogP contribution in [0.15, 0.2) is 0 Å². The molecule has 0 aromatic heterocycles. The van der Waals surface area contributed by atoms with E-state index in [2.05, 4.69) is 5.32 Å². The normalized spacial score (nSPS) is 9.44. The van der Waals surface area contributed by atoms with Crippen LogP contribution in [0.3, 0.4) is 0 Å². The first kappa shape index (κ1) is 8.59. The quantitative estimate of drug-likeness (QED) is 0.350. The first-order valence-electron chi connectivity index (χ1n) is 3.22. The lowest BCUT2D eigenvalue weighted by Gasteiger charge is -1.97. The van der Waals surface area contributed by atoms with Crippen molar-refractivity contribution >= 4 is 6.21 Å². The second-order valence-corrected chi connectivity index (χ2v) is 1.84. The minimum absolute atomic E-state index is 0.270. The maximum atomic E-state index is 8.35. The molecule has 0 fully saturated rings. The molecule has 0 saturated heterocycles. The van der Waals surface area contributed by atoms with Gasteiger partial charge in [0.25, 0.3) is 0 Å². The lowest BCUT2D eigenvalue weighted by atomic mass is 10.3. The molecule has 0 aliphatic heterocycles. The average molecular weight is 130 g/mol. The van der Waals surface area contributed by atoms with Gasteiger partial charge in [-0.25, -0.2) is 0 Å². The Kier molecular flexibility index (Phi) is 7.24. The highest BCUT2D eigenvalue weighted by Gasteiger charge is 1.83. The van der Waals surface area contributed by atoms with E-state index in [-0.39, 0.29) is 6.61 Å². The minimum Gasteiger partial charge on any atom is -0.396 e. The zero-order valence-electron chi connectivity index (χ0n) is 5.56. The third kappa shape index (κ3) is 7.59. The molecule has 0 atom stereocenters. The van der Waals surface area contributed by atoms with Crippen molar-refractivity contribution in [3.8, 4) is 0 Å². The minimum atomic E-state index is 0.270. The fourth-order valence-corrected chi connectivity index (χ4v) is 0.536. The highest BCUT2D eigenvalue weighted by molar-refractivity contribution is 5.55. The number of unbranched alkanes of at least 4 members (excludes halogenated alkanes) is 1. The summed E-state index contributed by atoms with van der Waals surface area (Å²) < 4.78 is 0. The zero-order valence-corrected chi connectivity index (χ0v) is 5.56. The average Bonchev–Trinajstić information content (AvgIpc) is 1.89. The molecule has 0 aliphatic rings. The van der Waals surface area contributed by atoms with Gasteiger partial charge in [0, 0.05) is 19.4 Å². The summed E-state index contributed by atoms with van der Waals surface area (Å²) in [6.45, 7) is 1.81. The zero-order chi connectivity index (χ0) is 6.95. The summed E-state index contributed by atoms with van der Waals surface area (Å²) in [5, 5.41) is 18.0. The predicted molar refractivity (Wildman–Crippen MR) is 38.0 cm³/mol. The van der Waals surface area contributed by atoms with Crippen molar-refractivity contribution in [3.63, 3.8) is 0 Å². The van der Waals surface area contributed by atoms with Crippen molar-refractivity contribution in [2.24, 2.45) is 0 Å². The van der Waals surface area contributed by atoms with Gasteiger partial charge in [-0.05, 0) is 19.4 Å². The Labute approximate surface area is 55.6 Å². The Balaban J connectivity index is 2.66. The van der Waals surface area contributed by atoms with E-state index in [1.54, 1.807) is 0 Å². The molecule has 3 nitrogen and oxygen atoms in total. The third-order valence-corrected chi connectivity index (χ3v) is 1.01. The van der Waals surface area contributed by atoms with Crippen molar-refractivity contribution in [2.45, 2.75) is 12.8 Å². The lowest BCUT2D eigenvalue weighted by Crippen LogP contribution is -2.17. The number of rotatable bonds is 6. The van der Waals surface area contributed by atoms with Gasteiger partial charge in [0.05, 0.1) is 0 Å². The first-order chi connectivity index (χ1) is 4.41. The fourth-order valence-electron chi connectivity index (χ4n) is 0.536. The second-order valence-electron chi connectivity index (χ2n) is 1.84. The molecule has 3 N–H and O–H groups in total. The van der Waals surface area contributed by atoms with Crippen molar-refractivity contribution < 1.29 is 5.11 Å². The molecule has 0 amide bonds. The van der Waals surface area contributed by atoms with Gasteiger partial charge in [-0.2, -0.15) is 0 Å². The van der Waals surface area contributed by atoms with Crippen LogP contribution in [0, 0.1) is 5.41 Å².